The van der Waals surface area contributed by atoms with Gasteiger partial charge in [-0.2, -0.15) is 0 Å². The van der Waals surface area contributed by atoms with Gasteiger partial charge in [-0.15, -0.1) is 0 Å². The molecule has 1 saturated heterocycles. The molecule has 29 heavy (non-hydrogen) atoms. The Morgan fingerprint density at radius 1 is 1.03 bits per heavy atom. The van der Waals surface area contributed by atoms with E-state index < -0.39 is 0 Å². The number of fused-ring (bicyclic) bond motifs is 1. The van der Waals surface area contributed by atoms with Crippen LogP contribution < -0.4 is 14.8 Å². The van der Waals surface area contributed by atoms with Gasteiger partial charge in [0, 0.05) is 0 Å². The smallest absolute Gasteiger partial charge is 0.263 e. The molecule has 1 aliphatic rings. The van der Waals surface area contributed by atoms with Gasteiger partial charge in [0.1, 0.15) is 10.9 Å². The van der Waals surface area contributed by atoms with Crippen LogP contribution in [0, 0.1) is 0 Å². The lowest BCUT2D eigenvalue weighted by molar-refractivity contribution is -0.115. The van der Waals surface area contributed by atoms with Crippen LogP contribution in [-0.2, 0) is 11.4 Å². The van der Waals surface area contributed by atoms with Gasteiger partial charge in [0.25, 0.3) is 5.91 Å². The van der Waals surface area contributed by atoms with Crippen LogP contribution in [0.25, 0.3) is 16.8 Å². The van der Waals surface area contributed by atoms with Gasteiger partial charge in [-0.25, -0.2) is 0 Å². The number of benzene rings is 3. The molecule has 0 unspecified atom stereocenters. The minimum atomic E-state index is -0.172. The Balaban J connectivity index is 1.58. The van der Waals surface area contributed by atoms with Crippen LogP contribution in [0.3, 0.4) is 0 Å². The van der Waals surface area contributed by atoms with E-state index in [1.807, 2.05) is 43.3 Å². The minimum Gasteiger partial charge on any atom is -0.490 e. The van der Waals surface area contributed by atoms with Gasteiger partial charge in [-0.3, -0.25) is 4.79 Å². The summed E-state index contributed by atoms with van der Waals surface area (Å²) in [5.41, 5.74) is 1.97. The van der Waals surface area contributed by atoms with Crippen molar-refractivity contribution in [1.82, 2.24) is 5.32 Å². The average Bonchev–Trinajstić information content (AvgIpc) is 3.04. The zero-order valence-corrected chi connectivity index (χ0v) is 17.4. The molecule has 0 aliphatic carbocycles. The summed E-state index contributed by atoms with van der Waals surface area (Å²) in [4.78, 5) is 12.5. The molecule has 1 N–H and O–H groups in total. The molecule has 0 aromatic heterocycles. The third kappa shape index (κ3) is 4.44. The lowest BCUT2D eigenvalue weighted by Crippen LogP contribution is -2.17. The first-order chi connectivity index (χ1) is 14.1. The summed E-state index contributed by atoms with van der Waals surface area (Å²) in [6.07, 6.45) is 1.80. The molecule has 0 saturated carbocycles. The van der Waals surface area contributed by atoms with Crippen LogP contribution in [0.2, 0.25) is 0 Å². The molecule has 146 valence electrons. The second-order valence-electron chi connectivity index (χ2n) is 6.42. The number of thiocarbonyl (C=S) groups is 1. The lowest BCUT2D eigenvalue weighted by Gasteiger charge is -2.14. The number of nitrogens with one attached hydrogen (secondary N) is 1. The summed E-state index contributed by atoms with van der Waals surface area (Å²) in [5, 5.41) is 4.98. The topological polar surface area (TPSA) is 47.6 Å². The molecule has 0 radical (unpaired) electrons. The maximum atomic E-state index is 11.9. The first kappa shape index (κ1) is 19.5. The van der Waals surface area contributed by atoms with Gasteiger partial charge >= 0.3 is 0 Å². The van der Waals surface area contributed by atoms with Crippen molar-refractivity contribution >= 4 is 51.1 Å². The highest BCUT2D eigenvalue weighted by Crippen LogP contribution is 2.33. The first-order valence-corrected chi connectivity index (χ1v) is 10.5. The van der Waals surface area contributed by atoms with E-state index in [1.54, 1.807) is 6.08 Å². The lowest BCUT2D eigenvalue weighted by atomic mass is 10.1. The molecular weight excluding hydrogens is 402 g/mol. The van der Waals surface area contributed by atoms with E-state index >= 15 is 0 Å². The minimum absolute atomic E-state index is 0.172. The number of hydrogen-bond acceptors (Lipinski definition) is 5. The highest BCUT2D eigenvalue weighted by Gasteiger charge is 2.22. The molecule has 6 heteroatoms. The molecule has 4 nitrogen and oxygen atoms in total. The monoisotopic (exact) mass is 421 g/mol. The van der Waals surface area contributed by atoms with Crippen LogP contribution in [0.1, 0.15) is 18.1 Å². The van der Waals surface area contributed by atoms with Crippen LogP contribution in [-0.4, -0.2) is 16.8 Å². The van der Waals surface area contributed by atoms with Gasteiger partial charge < -0.3 is 14.8 Å². The maximum absolute atomic E-state index is 11.9. The highest BCUT2D eigenvalue weighted by atomic mass is 32.2. The van der Waals surface area contributed by atoms with Gasteiger partial charge in [0.2, 0.25) is 0 Å². The molecule has 3 aromatic rings. The average molecular weight is 422 g/mol. The summed E-state index contributed by atoms with van der Waals surface area (Å²) < 4.78 is 12.3. The molecule has 0 bridgehead atoms. The Kier molecular flexibility index (Phi) is 5.83. The largest absolute Gasteiger partial charge is 0.490 e. The fourth-order valence-electron chi connectivity index (χ4n) is 3.15. The Labute approximate surface area is 178 Å². The normalized spacial score (nSPS) is 15.0. The van der Waals surface area contributed by atoms with Gasteiger partial charge in [0.05, 0.1) is 11.5 Å². The van der Waals surface area contributed by atoms with E-state index in [9.17, 15) is 4.79 Å². The molecule has 1 aliphatic heterocycles. The van der Waals surface area contributed by atoms with Crippen molar-refractivity contribution in [1.29, 1.82) is 0 Å². The summed E-state index contributed by atoms with van der Waals surface area (Å²) >= 11 is 6.30. The van der Waals surface area contributed by atoms with Crippen molar-refractivity contribution in [2.45, 2.75) is 13.5 Å². The molecule has 1 amide bonds. The van der Waals surface area contributed by atoms with Crippen LogP contribution >= 0.6 is 24.0 Å². The second-order valence-corrected chi connectivity index (χ2v) is 8.14. The third-order valence-corrected chi connectivity index (χ3v) is 5.63. The second kappa shape index (κ2) is 8.68. The number of carbonyl (C=O) groups is 1. The molecule has 1 fully saturated rings. The van der Waals surface area contributed by atoms with Crippen molar-refractivity contribution in [2.75, 3.05) is 6.61 Å². The van der Waals surface area contributed by atoms with Crippen molar-refractivity contribution in [2.24, 2.45) is 0 Å². The number of ether oxygens (including phenoxy) is 2. The van der Waals surface area contributed by atoms with Gasteiger partial charge in [-0.05, 0) is 47.0 Å². The molecule has 0 spiro atoms. The Morgan fingerprint density at radius 2 is 1.86 bits per heavy atom. The van der Waals surface area contributed by atoms with Crippen LogP contribution in [0.5, 0.6) is 11.5 Å². The maximum Gasteiger partial charge on any atom is 0.263 e. The Bertz CT molecular complexity index is 1120. The van der Waals surface area contributed by atoms with E-state index in [4.69, 9.17) is 21.7 Å². The Hall–Kier alpha value is -2.83. The quantitative estimate of drug-likeness (QED) is 0.432. The van der Waals surface area contributed by atoms with E-state index in [1.165, 1.54) is 22.5 Å². The number of carbonyl (C=O) groups excluding carboxylic acids is 1. The predicted octanol–water partition coefficient (Wildman–Crippen LogP) is 5.31. The Morgan fingerprint density at radius 3 is 2.66 bits per heavy atom. The molecule has 0 atom stereocenters. The zero-order valence-electron chi connectivity index (χ0n) is 15.8. The fourth-order valence-corrected chi connectivity index (χ4v) is 4.19. The molecule has 1 heterocycles. The van der Waals surface area contributed by atoms with Gasteiger partial charge in [-0.1, -0.05) is 72.5 Å². The first-order valence-electron chi connectivity index (χ1n) is 9.25. The number of amides is 1. The molecular formula is C23H19NO3S2. The number of thioether (sulfide) groups is 1. The zero-order chi connectivity index (χ0) is 20.2. The predicted molar refractivity (Wildman–Crippen MR) is 122 cm³/mol. The summed E-state index contributed by atoms with van der Waals surface area (Å²) in [6.45, 7) is 2.89. The standard InChI is InChI=1S/C23H19NO3S2/c1-2-26-20-12-15(13-21-22(25)24-23(28)29-21)10-11-19(20)27-14-17-8-5-7-16-6-3-4-9-18(16)17/h3-13H,2,14H2,1H3,(H,24,25,28)/b21-13+. The van der Waals surface area contributed by atoms with Crippen LogP contribution in [0.4, 0.5) is 0 Å². The highest BCUT2D eigenvalue weighted by molar-refractivity contribution is 8.26. The van der Waals surface area contributed by atoms with E-state index in [2.05, 4.69) is 29.6 Å². The van der Waals surface area contributed by atoms with E-state index in [-0.39, 0.29) is 5.91 Å². The van der Waals surface area contributed by atoms with E-state index in [0.717, 1.165) is 11.1 Å². The fraction of sp³-hybridized carbons (Fsp3) is 0.130. The third-order valence-electron chi connectivity index (χ3n) is 4.47. The van der Waals surface area contributed by atoms with E-state index in [0.29, 0.717) is 33.9 Å². The van der Waals surface area contributed by atoms with Crippen molar-refractivity contribution in [3.8, 4) is 11.5 Å². The molecule has 4 rings (SSSR count). The SMILES string of the molecule is CCOc1cc(/C=C2/SC(=S)NC2=O)ccc1OCc1cccc2ccccc12. The molecule has 3 aromatic carbocycles. The number of rotatable bonds is 6. The van der Waals surface area contributed by atoms with Crippen molar-refractivity contribution in [3.05, 3.63) is 76.7 Å². The van der Waals surface area contributed by atoms with Crippen molar-refractivity contribution in [3.63, 3.8) is 0 Å². The van der Waals surface area contributed by atoms with Crippen molar-refractivity contribution < 1.29 is 14.3 Å². The van der Waals surface area contributed by atoms with Crippen LogP contribution in [0.15, 0.2) is 65.6 Å². The summed E-state index contributed by atoms with van der Waals surface area (Å²) in [7, 11) is 0. The van der Waals surface area contributed by atoms with Gasteiger partial charge in [0.15, 0.2) is 11.5 Å². The summed E-state index contributed by atoms with van der Waals surface area (Å²) in [6, 6.07) is 20.1. The number of hydrogen-bond donors (Lipinski definition) is 1. The summed E-state index contributed by atoms with van der Waals surface area (Å²) in [5.74, 6) is 1.14.